The van der Waals surface area contributed by atoms with Gasteiger partial charge in [-0.2, -0.15) is 0 Å². The first kappa shape index (κ1) is 13.8. The van der Waals surface area contributed by atoms with Crippen molar-refractivity contribution in [2.75, 3.05) is 0 Å². The minimum absolute atomic E-state index is 0.190. The number of carboxylic acids is 2. The second-order valence-corrected chi connectivity index (χ2v) is 2.79. The summed E-state index contributed by atoms with van der Waals surface area (Å²) < 4.78 is 0. The first-order valence-electron chi connectivity index (χ1n) is 4.51. The summed E-state index contributed by atoms with van der Waals surface area (Å²) in [6.07, 6.45) is 0.894. The van der Waals surface area contributed by atoms with Crippen LogP contribution in [-0.2, 0) is 4.79 Å². The molecule has 1 rings (SSSR count). The summed E-state index contributed by atoms with van der Waals surface area (Å²) >= 11 is 0. The van der Waals surface area contributed by atoms with E-state index in [4.69, 9.17) is 10.2 Å². The van der Waals surface area contributed by atoms with Crippen LogP contribution in [0.25, 0.3) is 0 Å². The van der Waals surface area contributed by atoms with Gasteiger partial charge < -0.3 is 10.2 Å². The van der Waals surface area contributed by atoms with Gasteiger partial charge in [-0.1, -0.05) is 19.1 Å². The number of hydrogen-bond acceptors (Lipinski definition) is 3. The first-order valence-corrected chi connectivity index (χ1v) is 4.51. The van der Waals surface area contributed by atoms with Crippen LogP contribution in [0.1, 0.15) is 34.1 Å². The molecule has 86 valence electrons. The standard InChI is InChI=1S/C8H6O3.C3H6O2/c9-5-6-1-3-7(4-2-6)8(10)11;1-2-3(4)5/h1-5H,(H,10,11);2H2,1H3,(H,4,5). The zero-order chi connectivity index (χ0) is 12.6. The molecular weight excluding hydrogens is 212 g/mol. The smallest absolute Gasteiger partial charge is 0.335 e. The maximum Gasteiger partial charge on any atom is 0.335 e. The lowest BCUT2D eigenvalue weighted by molar-refractivity contribution is -0.136. The third-order valence-corrected chi connectivity index (χ3v) is 1.60. The number of rotatable bonds is 3. The maximum atomic E-state index is 10.3. The van der Waals surface area contributed by atoms with Crippen molar-refractivity contribution >= 4 is 18.2 Å². The molecule has 1 aromatic rings. The minimum atomic E-state index is -0.984. The quantitative estimate of drug-likeness (QED) is 0.762. The van der Waals surface area contributed by atoms with Crippen molar-refractivity contribution in [3.8, 4) is 0 Å². The molecule has 0 aliphatic carbocycles. The Hall–Kier alpha value is -2.17. The summed E-state index contributed by atoms with van der Waals surface area (Å²) in [5, 5.41) is 16.2. The van der Waals surface area contributed by atoms with E-state index < -0.39 is 11.9 Å². The van der Waals surface area contributed by atoms with Crippen molar-refractivity contribution in [2.24, 2.45) is 0 Å². The van der Waals surface area contributed by atoms with Gasteiger partial charge in [-0.15, -0.1) is 0 Å². The van der Waals surface area contributed by atoms with Gasteiger partial charge >= 0.3 is 11.9 Å². The third-order valence-electron chi connectivity index (χ3n) is 1.60. The molecule has 5 nitrogen and oxygen atoms in total. The van der Waals surface area contributed by atoms with Crippen molar-refractivity contribution < 1.29 is 24.6 Å². The van der Waals surface area contributed by atoms with Crippen LogP contribution >= 0.6 is 0 Å². The van der Waals surface area contributed by atoms with E-state index in [-0.39, 0.29) is 12.0 Å². The van der Waals surface area contributed by atoms with Gasteiger partial charge in [0, 0.05) is 12.0 Å². The highest BCUT2D eigenvalue weighted by atomic mass is 16.4. The Morgan fingerprint density at radius 1 is 1.19 bits per heavy atom. The van der Waals surface area contributed by atoms with E-state index in [1.807, 2.05) is 0 Å². The molecule has 0 saturated heterocycles. The van der Waals surface area contributed by atoms with Crippen molar-refractivity contribution in [1.29, 1.82) is 0 Å². The van der Waals surface area contributed by atoms with E-state index in [1.54, 1.807) is 6.92 Å². The summed E-state index contributed by atoms with van der Waals surface area (Å²) in [6, 6.07) is 5.73. The molecule has 0 aliphatic heterocycles. The molecule has 0 fully saturated rings. The second kappa shape index (κ2) is 7.17. The van der Waals surface area contributed by atoms with Crippen molar-refractivity contribution in [2.45, 2.75) is 13.3 Å². The topological polar surface area (TPSA) is 91.7 Å². The van der Waals surface area contributed by atoms with Gasteiger partial charge in [-0.25, -0.2) is 4.79 Å². The SMILES string of the molecule is CCC(=O)O.O=Cc1ccc(C(=O)O)cc1. The van der Waals surface area contributed by atoms with E-state index in [2.05, 4.69) is 0 Å². The minimum Gasteiger partial charge on any atom is -0.481 e. The number of carboxylic acid groups (broad SMARTS) is 2. The van der Waals surface area contributed by atoms with Crippen LogP contribution in [0.4, 0.5) is 0 Å². The normalized spacial score (nSPS) is 8.56. The Morgan fingerprint density at radius 2 is 1.62 bits per heavy atom. The van der Waals surface area contributed by atoms with Gasteiger partial charge in [0.05, 0.1) is 5.56 Å². The fourth-order valence-corrected chi connectivity index (χ4v) is 0.704. The Labute approximate surface area is 92.3 Å². The predicted molar refractivity (Wildman–Crippen MR) is 56.7 cm³/mol. The molecule has 0 amide bonds. The molecular formula is C11H12O5. The molecule has 0 bridgehead atoms. The van der Waals surface area contributed by atoms with Gasteiger partial charge in [0.1, 0.15) is 6.29 Å². The second-order valence-electron chi connectivity index (χ2n) is 2.79. The molecule has 5 heteroatoms. The van der Waals surface area contributed by atoms with Crippen LogP contribution in [0, 0.1) is 0 Å². The summed E-state index contributed by atoms with van der Waals surface area (Å²) in [4.78, 5) is 29.8. The fourth-order valence-electron chi connectivity index (χ4n) is 0.704. The van der Waals surface area contributed by atoms with E-state index in [0.29, 0.717) is 11.8 Å². The number of benzene rings is 1. The molecule has 0 unspecified atom stereocenters. The van der Waals surface area contributed by atoms with E-state index in [0.717, 1.165) is 0 Å². The van der Waals surface area contributed by atoms with Crippen LogP contribution in [0.3, 0.4) is 0 Å². The average Bonchev–Trinajstić information content (AvgIpc) is 2.29. The number of carbonyl (C=O) groups is 3. The van der Waals surface area contributed by atoms with Gasteiger partial charge in [-0.3, -0.25) is 9.59 Å². The Bertz CT molecular complexity index is 366. The molecule has 2 N–H and O–H groups in total. The molecule has 0 aromatic heterocycles. The van der Waals surface area contributed by atoms with Crippen molar-refractivity contribution in [1.82, 2.24) is 0 Å². The van der Waals surface area contributed by atoms with Crippen LogP contribution in [0.2, 0.25) is 0 Å². The summed E-state index contributed by atoms with van der Waals surface area (Å²) in [7, 11) is 0. The number of aldehydes is 1. The molecule has 0 spiro atoms. The van der Waals surface area contributed by atoms with Gasteiger partial charge in [0.15, 0.2) is 0 Å². The van der Waals surface area contributed by atoms with Crippen molar-refractivity contribution in [3.05, 3.63) is 35.4 Å². The highest BCUT2D eigenvalue weighted by molar-refractivity contribution is 5.88. The number of aromatic carboxylic acids is 1. The van der Waals surface area contributed by atoms with E-state index in [9.17, 15) is 14.4 Å². The first-order chi connectivity index (χ1) is 7.51. The predicted octanol–water partition coefficient (Wildman–Crippen LogP) is 1.68. The summed E-state index contributed by atoms with van der Waals surface area (Å²) in [6.45, 7) is 1.60. The molecule has 16 heavy (non-hydrogen) atoms. The fraction of sp³-hybridized carbons (Fsp3) is 0.182. The molecule has 1 aromatic carbocycles. The average molecular weight is 224 g/mol. The molecule has 0 radical (unpaired) electrons. The van der Waals surface area contributed by atoms with Crippen molar-refractivity contribution in [3.63, 3.8) is 0 Å². The lowest BCUT2D eigenvalue weighted by atomic mass is 10.1. The molecule has 0 heterocycles. The van der Waals surface area contributed by atoms with Crippen LogP contribution in [0.5, 0.6) is 0 Å². The third kappa shape index (κ3) is 5.54. The number of hydrogen-bond donors (Lipinski definition) is 2. The van der Waals surface area contributed by atoms with Crippen LogP contribution in [0.15, 0.2) is 24.3 Å². The largest absolute Gasteiger partial charge is 0.481 e. The van der Waals surface area contributed by atoms with Crippen LogP contribution in [-0.4, -0.2) is 28.4 Å². The Kier molecular flexibility index (Phi) is 6.19. The maximum absolute atomic E-state index is 10.3. The van der Waals surface area contributed by atoms with Gasteiger partial charge in [0.2, 0.25) is 0 Å². The van der Waals surface area contributed by atoms with Gasteiger partial charge in [0.25, 0.3) is 0 Å². The van der Waals surface area contributed by atoms with Gasteiger partial charge in [-0.05, 0) is 12.1 Å². The lowest BCUT2D eigenvalue weighted by Gasteiger charge is -1.92. The lowest BCUT2D eigenvalue weighted by Crippen LogP contribution is -1.95. The zero-order valence-corrected chi connectivity index (χ0v) is 8.71. The Morgan fingerprint density at radius 3 is 1.88 bits per heavy atom. The monoisotopic (exact) mass is 224 g/mol. The summed E-state index contributed by atoms with van der Waals surface area (Å²) in [5.41, 5.74) is 0.672. The highest BCUT2D eigenvalue weighted by Crippen LogP contribution is 2.01. The number of aliphatic carboxylic acids is 1. The molecule has 0 atom stereocenters. The summed E-state index contributed by atoms with van der Waals surface area (Å²) in [5.74, 6) is -1.73. The van der Waals surface area contributed by atoms with Crippen LogP contribution < -0.4 is 0 Å². The molecule has 0 aliphatic rings. The highest BCUT2D eigenvalue weighted by Gasteiger charge is 1.99. The Balaban J connectivity index is 0.000000385. The number of carbonyl (C=O) groups excluding carboxylic acids is 1. The van der Waals surface area contributed by atoms with E-state index in [1.165, 1.54) is 24.3 Å². The van der Waals surface area contributed by atoms with E-state index >= 15 is 0 Å². The zero-order valence-electron chi connectivity index (χ0n) is 8.71. The molecule has 0 saturated carbocycles.